The Morgan fingerprint density at radius 3 is 2.65 bits per heavy atom. The van der Waals surface area contributed by atoms with Crippen LogP contribution in [0.1, 0.15) is 25.7 Å². The Balaban J connectivity index is 1.38. The van der Waals surface area contributed by atoms with Crippen LogP contribution < -0.4 is 5.32 Å². The number of hydrogen-bond donors (Lipinski definition) is 1. The van der Waals surface area contributed by atoms with Crippen LogP contribution in [0.15, 0.2) is 42.7 Å². The molecule has 1 aliphatic heterocycles. The van der Waals surface area contributed by atoms with Crippen LogP contribution in [0.4, 0.5) is 5.13 Å². The van der Waals surface area contributed by atoms with Crippen molar-refractivity contribution >= 4 is 28.3 Å². The molecule has 1 atom stereocenters. The van der Waals surface area contributed by atoms with Crippen LogP contribution in [0.25, 0.3) is 22.0 Å². The summed E-state index contributed by atoms with van der Waals surface area (Å²) in [5.74, 6) is 0.964. The van der Waals surface area contributed by atoms with Gasteiger partial charge in [-0.25, -0.2) is 9.97 Å². The molecule has 2 amide bonds. The first-order valence-corrected chi connectivity index (χ1v) is 11.6. The topological polar surface area (TPSA) is 80.1 Å². The molecule has 160 valence electrons. The van der Waals surface area contributed by atoms with Crippen LogP contribution in [-0.2, 0) is 16.6 Å². The molecule has 1 aliphatic carbocycles. The van der Waals surface area contributed by atoms with Crippen molar-refractivity contribution in [3.63, 3.8) is 0 Å². The summed E-state index contributed by atoms with van der Waals surface area (Å²) in [7, 11) is 1.95. The molecule has 1 saturated carbocycles. The average Bonchev–Trinajstić information content (AvgIpc) is 3.44. The molecule has 2 fully saturated rings. The lowest BCUT2D eigenvalue weighted by Crippen LogP contribution is -2.44. The molecule has 8 heteroatoms. The number of likely N-dealkylation sites (tertiary alicyclic amines) is 1. The molecule has 0 bridgehead atoms. The third-order valence-electron chi connectivity index (χ3n) is 5.96. The minimum atomic E-state index is -0.197. The van der Waals surface area contributed by atoms with E-state index >= 15 is 0 Å². The van der Waals surface area contributed by atoms with Gasteiger partial charge < -0.3 is 14.8 Å². The van der Waals surface area contributed by atoms with Crippen LogP contribution in [0.3, 0.4) is 0 Å². The number of anilines is 1. The fourth-order valence-corrected chi connectivity index (χ4v) is 5.12. The Labute approximate surface area is 185 Å². The molecule has 31 heavy (non-hydrogen) atoms. The smallest absolute Gasteiger partial charge is 0.231 e. The summed E-state index contributed by atoms with van der Waals surface area (Å²) in [6, 6.07) is 9.94. The summed E-state index contributed by atoms with van der Waals surface area (Å²) in [5, 5.41) is 3.58. The van der Waals surface area contributed by atoms with Crippen LogP contribution in [0, 0.1) is 11.8 Å². The van der Waals surface area contributed by atoms with Gasteiger partial charge in [-0.1, -0.05) is 41.7 Å². The third kappa shape index (κ3) is 4.12. The molecule has 3 heterocycles. The minimum absolute atomic E-state index is 0.0620. The predicted octanol–water partition coefficient (Wildman–Crippen LogP) is 3.80. The maximum absolute atomic E-state index is 13.0. The average molecular weight is 436 g/mol. The van der Waals surface area contributed by atoms with E-state index in [9.17, 15) is 9.59 Å². The highest BCUT2D eigenvalue weighted by molar-refractivity contribution is 7.19. The minimum Gasteiger partial charge on any atom is -0.342 e. The fourth-order valence-electron chi connectivity index (χ4n) is 4.09. The molecule has 1 unspecified atom stereocenters. The van der Waals surface area contributed by atoms with Gasteiger partial charge >= 0.3 is 0 Å². The fraction of sp³-hybridized carbons (Fsp3) is 0.391. The standard InChI is InChI=1S/C23H25N5O2S/c1-27-13-11-24-20(27)19-18(15-6-3-2-4-7-15)25-23(31-19)26-21(29)17-8-5-12-28(14-17)22(30)16-9-10-16/h2-4,6-7,11,13,16-17H,5,8-10,12,14H2,1H3,(H,25,26,29). The Kier molecular flexibility index (Phi) is 5.31. The van der Waals surface area contributed by atoms with E-state index in [2.05, 4.69) is 10.3 Å². The van der Waals surface area contributed by atoms with E-state index in [4.69, 9.17) is 4.98 Å². The van der Waals surface area contributed by atoms with E-state index in [1.807, 2.05) is 53.0 Å². The van der Waals surface area contributed by atoms with Crippen molar-refractivity contribution in [2.24, 2.45) is 18.9 Å². The maximum Gasteiger partial charge on any atom is 0.231 e. The normalized spacial score (nSPS) is 18.7. The number of aryl methyl sites for hydroxylation is 1. The van der Waals surface area contributed by atoms with Gasteiger partial charge in [-0.2, -0.15) is 0 Å². The van der Waals surface area contributed by atoms with Crippen molar-refractivity contribution in [2.45, 2.75) is 25.7 Å². The van der Waals surface area contributed by atoms with E-state index in [1.54, 1.807) is 6.20 Å². The van der Waals surface area contributed by atoms with Crippen molar-refractivity contribution in [1.29, 1.82) is 0 Å². The number of rotatable bonds is 5. The van der Waals surface area contributed by atoms with Gasteiger partial charge in [0.15, 0.2) is 11.0 Å². The molecule has 3 aromatic rings. The zero-order valence-corrected chi connectivity index (χ0v) is 18.3. The monoisotopic (exact) mass is 435 g/mol. The highest BCUT2D eigenvalue weighted by Gasteiger charge is 2.37. The Morgan fingerprint density at radius 2 is 1.94 bits per heavy atom. The van der Waals surface area contributed by atoms with Crippen molar-refractivity contribution < 1.29 is 9.59 Å². The van der Waals surface area contributed by atoms with Crippen molar-refractivity contribution in [2.75, 3.05) is 18.4 Å². The van der Waals surface area contributed by atoms with Crippen LogP contribution in [0.2, 0.25) is 0 Å². The quantitative estimate of drug-likeness (QED) is 0.661. The number of hydrogen-bond acceptors (Lipinski definition) is 5. The molecule has 2 aliphatic rings. The highest BCUT2D eigenvalue weighted by atomic mass is 32.1. The zero-order chi connectivity index (χ0) is 21.4. The van der Waals surface area contributed by atoms with Crippen LogP contribution in [0.5, 0.6) is 0 Å². The summed E-state index contributed by atoms with van der Waals surface area (Å²) in [6.45, 7) is 1.27. The van der Waals surface area contributed by atoms with Crippen molar-refractivity contribution in [3.8, 4) is 22.0 Å². The number of nitrogens with zero attached hydrogens (tertiary/aromatic N) is 4. The van der Waals surface area contributed by atoms with E-state index < -0.39 is 0 Å². The Morgan fingerprint density at radius 1 is 1.13 bits per heavy atom. The lowest BCUT2D eigenvalue weighted by Gasteiger charge is -2.32. The second-order valence-corrected chi connectivity index (χ2v) is 9.31. The number of imidazole rings is 1. The molecule has 7 nitrogen and oxygen atoms in total. The number of thiazole rings is 1. The first-order valence-electron chi connectivity index (χ1n) is 10.7. The molecule has 1 saturated heterocycles. The summed E-state index contributed by atoms with van der Waals surface area (Å²) in [6.07, 6.45) is 7.30. The number of amides is 2. The molecular weight excluding hydrogens is 410 g/mol. The van der Waals surface area contributed by atoms with Gasteiger partial charge in [-0.3, -0.25) is 9.59 Å². The second kappa shape index (κ2) is 8.26. The number of benzene rings is 1. The van der Waals surface area contributed by atoms with Gasteiger partial charge in [-0.15, -0.1) is 0 Å². The number of carbonyl (C=O) groups is 2. The first kappa shape index (κ1) is 19.9. The summed E-state index contributed by atoms with van der Waals surface area (Å²) >= 11 is 1.43. The van der Waals surface area contributed by atoms with Crippen LogP contribution in [-0.4, -0.2) is 44.3 Å². The molecule has 0 radical (unpaired) electrons. The predicted molar refractivity (Wildman–Crippen MR) is 120 cm³/mol. The lowest BCUT2D eigenvalue weighted by atomic mass is 9.97. The lowest BCUT2D eigenvalue weighted by molar-refractivity contribution is -0.135. The molecule has 5 rings (SSSR count). The van der Waals surface area contributed by atoms with Gasteiger partial charge in [0.1, 0.15) is 0 Å². The number of piperidine rings is 1. The first-order chi connectivity index (χ1) is 15.1. The Hall–Kier alpha value is -3.00. The van der Waals surface area contributed by atoms with Gasteiger partial charge in [0.25, 0.3) is 0 Å². The summed E-state index contributed by atoms with van der Waals surface area (Å²) in [5.41, 5.74) is 1.79. The van der Waals surface area contributed by atoms with E-state index in [1.165, 1.54) is 11.3 Å². The number of aromatic nitrogens is 3. The highest BCUT2D eigenvalue weighted by Crippen LogP contribution is 2.38. The second-order valence-electron chi connectivity index (χ2n) is 8.31. The van der Waals surface area contributed by atoms with Gasteiger partial charge in [-0.05, 0) is 25.7 Å². The maximum atomic E-state index is 13.0. The van der Waals surface area contributed by atoms with Gasteiger partial charge in [0.2, 0.25) is 11.8 Å². The van der Waals surface area contributed by atoms with Crippen molar-refractivity contribution in [1.82, 2.24) is 19.4 Å². The van der Waals surface area contributed by atoms with E-state index in [0.717, 1.165) is 54.2 Å². The molecule has 0 spiro atoms. The number of nitrogens with one attached hydrogen (secondary N) is 1. The molecule has 1 aromatic carbocycles. The molecule has 2 aromatic heterocycles. The third-order valence-corrected chi connectivity index (χ3v) is 6.93. The Bertz CT molecular complexity index is 1100. The van der Waals surface area contributed by atoms with Crippen LogP contribution >= 0.6 is 11.3 Å². The van der Waals surface area contributed by atoms with E-state index in [0.29, 0.717) is 11.7 Å². The van der Waals surface area contributed by atoms with E-state index in [-0.39, 0.29) is 23.7 Å². The number of carbonyl (C=O) groups excluding carboxylic acids is 2. The van der Waals surface area contributed by atoms with Gasteiger partial charge in [0.05, 0.1) is 16.5 Å². The SMILES string of the molecule is Cn1ccnc1-c1sc(NC(=O)C2CCCN(C(=O)C3CC3)C2)nc1-c1ccccc1. The summed E-state index contributed by atoms with van der Waals surface area (Å²) < 4.78 is 1.95. The van der Waals surface area contributed by atoms with Crippen molar-refractivity contribution in [3.05, 3.63) is 42.7 Å². The summed E-state index contributed by atoms with van der Waals surface area (Å²) in [4.78, 5) is 37.5. The zero-order valence-electron chi connectivity index (χ0n) is 17.5. The molecular formula is C23H25N5O2S. The largest absolute Gasteiger partial charge is 0.342 e. The van der Waals surface area contributed by atoms with Gasteiger partial charge in [0, 0.05) is 44.0 Å². The molecule has 1 N–H and O–H groups in total.